The minimum atomic E-state index is -0.181. The monoisotopic (exact) mass is 386 g/mol. The van der Waals surface area contributed by atoms with E-state index in [1.165, 1.54) is 12.8 Å². The maximum Gasteiger partial charge on any atom is 0.322 e. The van der Waals surface area contributed by atoms with Gasteiger partial charge in [0, 0.05) is 25.2 Å². The van der Waals surface area contributed by atoms with Gasteiger partial charge in [0.2, 0.25) is 0 Å². The first-order valence-corrected chi connectivity index (χ1v) is 8.87. The lowest BCUT2D eigenvalue weighted by atomic mass is 9.96. The molecule has 2 saturated heterocycles. The van der Waals surface area contributed by atoms with Crippen LogP contribution >= 0.6 is 24.0 Å². The Morgan fingerprint density at radius 1 is 1.36 bits per heavy atom. The Balaban J connectivity index is 0.00000225. The number of urea groups is 1. The summed E-state index contributed by atoms with van der Waals surface area (Å²) in [6.07, 6.45) is 3.41. The van der Waals surface area contributed by atoms with Gasteiger partial charge in [-0.05, 0) is 56.5 Å². The van der Waals surface area contributed by atoms with Gasteiger partial charge in [0.15, 0.2) is 0 Å². The van der Waals surface area contributed by atoms with Gasteiger partial charge in [0.05, 0.1) is 10.7 Å². The molecule has 2 heterocycles. The number of carbonyl (C=O) groups excluding carboxylic acids is 2. The van der Waals surface area contributed by atoms with Crippen LogP contribution < -0.4 is 20.9 Å². The predicted molar refractivity (Wildman–Crippen MR) is 102 cm³/mol. The summed E-state index contributed by atoms with van der Waals surface area (Å²) in [7, 11) is 0. The number of anilines is 1. The van der Waals surface area contributed by atoms with Crippen LogP contribution in [0.3, 0.4) is 0 Å². The first-order chi connectivity index (χ1) is 11.6. The summed E-state index contributed by atoms with van der Waals surface area (Å²) >= 11 is 6.19. The fourth-order valence-electron chi connectivity index (χ4n) is 3.22. The minimum absolute atomic E-state index is 0. The fraction of sp³-hybridized carbons (Fsp3) is 0.529. The lowest BCUT2D eigenvalue weighted by Crippen LogP contribution is -2.33. The molecule has 8 heteroatoms. The van der Waals surface area contributed by atoms with Gasteiger partial charge in [-0.25, -0.2) is 4.79 Å². The quantitative estimate of drug-likeness (QED) is 0.727. The zero-order valence-electron chi connectivity index (χ0n) is 14.0. The second-order valence-corrected chi connectivity index (χ2v) is 6.71. The maximum absolute atomic E-state index is 12.4. The topological polar surface area (TPSA) is 73.5 Å². The van der Waals surface area contributed by atoms with E-state index in [1.807, 2.05) is 0 Å². The van der Waals surface area contributed by atoms with Crippen molar-refractivity contribution in [1.29, 1.82) is 0 Å². The molecule has 1 aromatic carbocycles. The van der Waals surface area contributed by atoms with Crippen LogP contribution in [0.15, 0.2) is 18.2 Å². The first-order valence-electron chi connectivity index (χ1n) is 8.49. The molecular weight excluding hydrogens is 363 g/mol. The molecule has 1 atom stereocenters. The van der Waals surface area contributed by atoms with Crippen LogP contribution in [-0.4, -0.2) is 44.7 Å². The molecule has 0 aliphatic carbocycles. The van der Waals surface area contributed by atoms with E-state index in [9.17, 15) is 9.59 Å². The van der Waals surface area contributed by atoms with Crippen molar-refractivity contribution in [3.05, 3.63) is 28.8 Å². The number of hydrogen-bond acceptors (Lipinski definition) is 3. The second kappa shape index (κ2) is 9.27. The average molecular weight is 387 g/mol. The van der Waals surface area contributed by atoms with E-state index in [0.717, 1.165) is 19.5 Å². The third-order valence-corrected chi connectivity index (χ3v) is 4.91. The summed E-state index contributed by atoms with van der Waals surface area (Å²) in [5.41, 5.74) is 1.10. The number of rotatable bonds is 5. The summed E-state index contributed by atoms with van der Waals surface area (Å²) in [6, 6.07) is 4.86. The van der Waals surface area contributed by atoms with Crippen molar-refractivity contribution in [2.45, 2.75) is 19.3 Å². The Morgan fingerprint density at radius 2 is 2.20 bits per heavy atom. The first kappa shape index (κ1) is 19.8. The van der Waals surface area contributed by atoms with Crippen molar-refractivity contribution >= 4 is 41.6 Å². The number of halogens is 2. The van der Waals surface area contributed by atoms with Crippen molar-refractivity contribution in [1.82, 2.24) is 16.0 Å². The molecule has 2 fully saturated rings. The van der Waals surface area contributed by atoms with Crippen molar-refractivity contribution in [2.75, 3.05) is 37.6 Å². The van der Waals surface area contributed by atoms with E-state index in [2.05, 4.69) is 16.0 Å². The molecule has 3 rings (SSSR count). The highest BCUT2D eigenvalue weighted by Crippen LogP contribution is 2.28. The minimum Gasteiger partial charge on any atom is -0.352 e. The summed E-state index contributed by atoms with van der Waals surface area (Å²) < 4.78 is 0. The lowest BCUT2D eigenvalue weighted by Gasteiger charge is -2.22. The fourth-order valence-corrected chi connectivity index (χ4v) is 3.44. The number of benzene rings is 1. The molecule has 1 unspecified atom stereocenters. The van der Waals surface area contributed by atoms with Gasteiger partial charge < -0.3 is 16.0 Å². The molecule has 25 heavy (non-hydrogen) atoms. The molecule has 2 aliphatic heterocycles. The van der Waals surface area contributed by atoms with Gasteiger partial charge in [-0.1, -0.05) is 11.6 Å². The summed E-state index contributed by atoms with van der Waals surface area (Å²) in [5.74, 6) is 0.504. The number of nitrogens with zero attached hydrogens (tertiary/aromatic N) is 1. The van der Waals surface area contributed by atoms with Gasteiger partial charge in [0.1, 0.15) is 0 Å². The van der Waals surface area contributed by atoms with E-state index in [0.29, 0.717) is 41.8 Å². The third-order valence-electron chi connectivity index (χ3n) is 4.59. The summed E-state index contributed by atoms with van der Waals surface area (Å²) in [6.45, 7) is 3.93. The van der Waals surface area contributed by atoms with Crippen molar-refractivity contribution in [3.63, 3.8) is 0 Å². The summed E-state index contributed by atoms with van der Waals surface area (Å²) in [4.78, 5) is 25.7. The molecule has 138 valence electrons. The van der Waals surface area contributed by atoms with Crippen LogP contribution in [0.1, 0.15) is 29.6 Å². The van der Waals surface area contributed by atoms with Crippen LogP contribution in [-0.2, 0) is 0 Å². The van der Waals surface area contributed by atoms with E-state index < -0.39 is 0 Å². The van der Waals surface area contributed by atoms with Gasteiger partial charge in [-0.3, -0.25) is 9.69 Å². The average Bonchev–Trinajstić information content (AvgIpc) is 3.02. The Hall–Kier alpha value is -1.50. The highest BCUT2D eigenvalue weighted by Gasteiger charge is 2.24. The molecule has 1 aromatic rings. The molecule has 3 N–H and O–H groups in total. The zero-order valence-corrected chi connectivity index (χ0v) is 15.6. The van der Waals surface area contributed by atoms with E-state index in [-0.39, 0.29) is 24.3 Å². The molecule has 0 radical (unpaired) electrons. The van der Waals surface area contributed by atoms with Crippen LogP contribution in [0.5, 0.6) is 0 Å². The van der Waals surface area contributed by atoms with Crippen LogP contribution in [0.4, 0.5) is 10.5 Å². The summed E-state index contributed by atoms with van der Waals surface area (Å²) in [5, 5.41) is 9.55. The molecule has 0 aromatic heterocycles. The molecule has 0 spiro atoms. The zero-order chi connectivity index (χ0) is 16.9. The number of nitrogens with one attached hydrogen (secondary N) is 3. The lowest BCUT2D eigenvalue weighted by molar-refractivity contribution is 0.0950. The SMILES string of the molecule is Cl.O=C(NCCC1CCCNC1)c1ccc(Cl)c(N2CCNC2=O)c1. The van der Waals surface area contributed by atoms with E-state index >= 15 is 0 Å². The number of hydrogen-bond donors (Lipinski definition) is 3. The largest absolute Gasteiger partial charge is 0.352 e. The Kier molecular flexibility index (Phi) is 7.35. The van der Waals surface area contributed by atoms with Crippen LogP contribution in [0.25, 0.3) is 0 Å². The highest BCUT2D eigenvalue weighted by atomic mass is 35.5. The second-order valence-electron chi connectivity index (χ2n) is 6.31. The van der Waals surface area contributed by atoms with Gasteiger partial charge >= 0.3 is 6.03 Å². The van der Waals surface area contributed by atoms with Gasteiger partial charge in [-0.15, -0.1) is 12.4 Å². The number of carbonyl (C=O) groups is 2. The standard InChI is InChI=1S/C17H23ClN4O2.ClH/c18-14-4-3-13(10-15(14)22-9-8-21-17(22)24)16(23)20-7-5-12-2-1-6-19-11-12;/h3-4,10,12,19H,1-2,5-9,11H2,(H,20,23)(H,21,24);1H. The number of amides is 3. The molecule has 0 bridgehead atoms. The van der Waals surface area contributed by atoms with Gasteiger partial charge in [0.25, 0.3) is 5.91 Å². The van der Waals surface area contributed by atoms with E-state index in [1.54, 1.807) is 23.1 Å². The number of piperidine rings is 1. The van der Waals surface area contributed by atoms with E-state index in [4.69, 9.17) is 11.6 Å². The maximum atomic E-state index is 12.4. The van der Waals surface area contributed by atoms with Crippen molar-refractivity contribution < 1.29 is 9.59 Å². The molecule has 6 nitrogen and oxygen atoms in total. The smallest absolute Gasteiger partial charge is 0.322 e. The molecule has 0 saturated carbocycles. The van der Waals surface area contributed by atoms with Crippen molar-refractivity contribution in [2.24, 2.45) is 5.92 Å². The normalized spacial score (nSPS) is 20.0. The van der Waals surface area contributed by atoms with Crippen LogP contribution in [0, 0.1) is 5.92 Å². The Bertz CT molecular complexity index is 621. The third kappa shape index (κ3) is 5.00. The molecule has 3 amide bonds. The van der Waals surface area contributed by atoms with Crippen molar-refractivity contribution in [3.8, 4) is 0 Å². The highest BCUT2D eigenvalue weighted by molar-refractivity contribution is 6.34. The Labute approximate surface area is 159 Å². The molecule has 2 aliphatic rings. The van der Waals surface area contributed by atoms with Gasteiger partial charge in [-0.2, -0.15) is 0 Å². The van der Waals surface area contributed by atoms with Crippen LogP contribution in [0.2, 0.25) is 5.02 Å². The predicted octanol–water partition coefficient (Wildman–Crippen LogP) is 2.41. The Morgan fingerprint density at radius 3 is 2.88 bits per heavy atom. The molecular formula is C17H24Cl2N4O2.